The number of carbonyl (C=O) groups is 2. The molecule has 6 nitrogen and oxygen atoms in total. The molecule has 156 valence electrons. The van der Waals surface area contributed by atoms with Crippen molar-refractivity contribution < 1.29 is 19.2 Å². The van der Waals surface area contributed by atoms with Gasteiger partial charge >= 0.3 is 0 Å². The van der Waals surface area contributed by atoms with E-state index in [4.69, 9.17) is 4.74 Å². The van der Waals surface area contributed by atoms with E-state index in [-0.39, 0.29) is 30.9 Å². The summed E-state index contributed by atoms with van der Waals surface area (Å²) in [7, 11) is 1.59. The van der Waals surface area contributed by atoms with Crippen LogP contribution in [0.15, 0.2) is 48.5 Å². The molecule has 0 aliphatic rings. The van der Waals surface area contributed by atoms with Crippen molar-refractivity contribution in [2.45, 2.75) is 33.2 Å². The maximum absolute atomic E-state index is 12.6. The quantitative estimate of drug-likeness (QED) is 0.574. The molecule has 2 aromatic rings. The minimum atomic E-state index is -0.131. The van der Waals surface area contributed by atoms with Crippen molar-refractivity contribution in [1.29, 1.82) is 0 Å². The molecule has 0 fully saturated rings. The zero-order valence-corrected chi connectivity index (χ0v) is 17.7. The number of carbonyl (C=O) groups excluding carboxylic acids is 2. The number of aryl methyl sites for hydroxylation is 1. The Morgan fingerprint density at radius 1 is 1.03 bits per heavy atom. The highest BCUT2D eigenvalue weighted by Gasteiger charge is 2.19. The SMILES string of the molecule is CC[C@@H](NC(=O)C[NH+](CC)CC(=O)Nc1cccc(OC)c1)c1ccc(C)cc1. The molecular weight excluding hydrogens is 366 g/mol. The molecule has 0 saturated carbocycles. The van der Waals surface area contributed by atoms with Crippen LogP contribution in [-0.2, 0) is 9.59 Å². The second-order valence-electron chi connectivity index (χ2n) is 7.18. The van der Waals surface area contributed by atoms with E-state index in [1.165, 1.54) is 5.56 Å². The van der Waals surface area contributed by atoms with E-state index in [2.05, 4.69) is 41.8 Å². The number of hydrogen-bond donors (Lipinski definition) is 3. The van der Waals surface area contributed by atoms with E-state index in [0.717, 1.165) is 16.9 Å². The van der Waals surface area contributed by atoms with Crippen molar-refractivity contribution in [2.75, 3.05) is 32.1 Å². The maximum atomic E-state index is 12.6. The summed E-state index contributed by atoms with van der Waals surface area (Å²) in [5.74, 6) is 0.500. The largest absolute Gasteiger partial charge is 0.497 e. The number of amides is 2. The number of ether oxygens (including phenoxy) is 1. The smallest absolute Gasteiger partial charge is 0.279 e. The van der Waals surface area contributed by atoms with Crippen LogP contribution < -0.4 is 20.3 Å². The first-order valence-electron chi connectivity index (χ1n) is 10.1. The number of rotatable bonds is 10. The number of nitrogens with one attached hydrogen (secondary N) is 3. The molecule has 0 bridgehead atoms. The van der Waals surface area contributed by atoms with Crippen LogP contribution in [0.2, 0.25) is 0 Å². The van der Waals surface area contributed by atoms with Gasteiger partial charge in [0.25, 0.3) is 11.8 Å². The first kappa shape index (κ1) is 22.4. The number of likely N-dealkylation sites (N-methyl/N-ethyl adjacent to an activating group) is 1. The highest BCUT2D eigenvalue weighted by molar-refractivity contribution is 5.91. The predicted octanol–water partition coefficient (Wildman–Crippen LogP) is 2.11. The van der Waals surface area contributed by atoms with Gasteiger partial charge in [-0.2, -0.15) is 0 Å². The molecule has 0 aliphatic carbocycles. The Labute approximate surface area is 173 Å². The van der Waals surface area contributed by atoms with Gasteiger partial charge in [-0.25, -0.2) is 0 Å². The van der Waals surface area contributed by atoms with Crippen molar-refractivity contribution in [1.82, 2.24) is 5.32 Å². The number of methoxy groups -OCH3 is 1. The standard InChI is InChI=1S/C23H31N3O3/c1-5-21(18-12-10-17(3)11-13-18)25-23(28)16-26(6-2)15-22(27)24-19-8-7-9-20(14-19)29-4/h7-14,21H,5-6,15-16H2,1-4H3,(H,24,27)(H,25,28)/p+1/t21-/m1/s1. The van der Waals surface area contributed by atoms with Crippen LogP contribution in [0.1, 0.15) is 37.4 Å². The number of benzene rings is 2. The lowest BCUT2D eigenvalue weighted by Crippen LogP contribution is -3.14. The fraction of sp³-hybridized carbons (Fsp3) is 0.391. The van der Waals surface area contributed by atoms with Gasteiger partial charge in [0.2, 0.25) is 0 Å². The summed E-state index contributed by atoms with van der Waals surface area (Å²) >= 11 is 0. The van der Waals surface area contributed by atoms with Gasteiger partial charge in [0.1, 0.15) is 5.75 Å². The fourth-order valence-corrected chi connectivity index (χ4v) is 3.14. The average molecular weight is 399 g/mol. The normalized spacial score (nSPS) is 12.7. The summed E-state index contributed by atoms with van der Waals surface area (Å²) in [6, 6.07) is 15.4. The molecule has 2 amide bonds. The molecular formula is C23H32N3O3+. The summed E-state index contributed by atoms with van der Waals surface area (Å²) in [6.07, 6.45) is 0.812. The minimum Gasteiger partial charge on any atom is -0.497 e. The lowest BCUT2D eigenvalue weighted by molar-refractivity contribution is -0.881. The number of quaternary nitrogens is 1. The number of hydrogen-bond acceptors (Lipinski definition) is 3. The average Bonchev–Trinajstić information content (AvgIpc) is 2.72. The Bertz CT molecular complexity index is 805. The zero-order chi connectivity index (χ0) is 21.2. The minimum absolute atomic E-state index is 0.0215. The molecule has 2 rings (SSSR count). The second-order valence-corrected chi connectivity index (χ2v) is 7.18. The monoisotopic (exact) mass is 398 g/mol. The first-order valence-corrected chi connectivity index (χ1v) is 10.1. The molecule has 29 heavy (non-hydrogen) atoms. The van der Waals surface area contributed by atoms with E-state index >= 15 is 0 Å². The Morgan fingerprint density at radius 2 is 1.72 bits per heavy atom. The van der Waals surface area contributed by atoms with Crippen LogP contribution in [0.3, 0.4) is 0 Å². The third-order valence-corrected chi connectivity index (χ3v) is 4.90. The van der Waals surface area contributed by atoms with E-state index in [0.29, 0.717) is 18.0 Å². The lowest BCUT2D eigenvalue weighted by Gasteiger charge is -2.21. The van der Waals surface area contributed by atoms with Crippen LogP contribution in [0.4, 0.5) is 5.69 Å². The summed E-state index contributed by atoms with van der Waals surface area (Å²) in [4.78, 5) is 25.9. The topological polar surface area (TPSA) is 71.9 Å². The molecule has 3 N–H and O–H groups in total. The van der Waals surface area contributed by atoms with Crippen LogP contribution in [0, 0.1) is 6.92 Å². The van der Waals surface area contributed by atoms with Gasteiger partial charge in [-0.15, -0.1) is 0 Å². The van der Waals surface area contributed by atoms with Crippen LogP contribution in [0.5, 0.6) is 5.75 Å². The van der Waals surface area contributed by atoms with Gasteiger partial charge in [-0.3, -0.25) is 9.59 Å². The summed E-state index contributed by atoms with van der Waals surface area (Å²) in [6.45, 7) is 7.23. The highest BCUT2D eigenvalue weighted by atomic mass is 16.5. The summed E-state index contributed by atoms with van der Waals surface area (Å²) in [5, 5.41) is 5.96. The number of anilines is 1. The molecule has 0 spiro atoms. The van der Waals surface area contributed by atoms with Crippen LogP contribution in [0.25, 0.3) is 0 Å². The summed E-state index contributed by atoms with van der Waals surface area (Å²) in [5.41, 5.74) is 2.97. The third kappa shape index (κ3) is 7.23. The molecule has 1 unspecified atom stereocenters. The van der Waals surface area contributed by atoms with Gasteiger partial charge in [0, 0.05) is 11.8 Å². The Morgan fingerprint density at radius 3 is 2.34 bits per heavy atom. The van der Waals surface area contributed by atoms with Crippen LogP contribution in [-0.4, -0.2) is 38.6 Å². The summed E-state index contributed by atoms with van der Waals surface area (Å²) < 4.78 is 5.17. The van der Waals surface area contributed by atoms with Crippen molar-refractivity contribution in [3.05, 3.63) is 59.7 Å². The Kier molecular flexibility index (Phi) is 8.68. The van der Waals surface area contributed by atoms with Gasteiger partial charge in [-0.05, 0) is 38.0 Å². The van der Waals surface area contributed by atoms with Crippen molar-refractivity contribution in [3.63, 3.8) is 0 Å². The molecule has 0 radical (unpaired) electrons. The highest BCUT2D eigenvalue weighted by Crippen LogP contribution is 2.17. The Balaban J connectivity index is 1.89. The predicted molar refractivity (Wildman–Crippen MR) is 115 cm³/mol. The fourth-order valence-electron chi connectivity index (χ4n) is 3.14. The molecule has 6 heteroatoms. The lowest BCUT2D eigenvalue weighted by atomic mass is 10.0. The molecule has 0 heterocycles. The maximum Gasteiger partial charge on any atom is 0.279 e. The van der Waals surface area contributed by atoms with Gasteiger partial charge in [0.05, 0.1) is 19.7 Å². The molecule has 0 aliphatic heterocycles. The molecule has 0 saturated heterocycles. The van der Waals surface area contributed by atoms with E-state index in [9.17, 15) is 9.59 Å². The van der Waals surface area contributed by atoms with Crippen LogP contribution >= 0.6 is 0 Å². The van der Waals surface area contributed by atoms with Crippen molar-refractivity contribution >= 4 is 17.5 Å². The van der Waals surface area contributed by atoms with Gasteiger partial charge in [-0.1, -0.05) is 42.8 Å². The molecule has 2 atom stereocenters. The molecule has 2 aromatic carbocycles. The van der Waals surface area contributed by atoms with Gasteiger partial charge < -0.3 is 20.3 Å². The van der Waals surface area contributed by atoms with Gasteiger partial charge in [0.15, 0.2) is 13.1 Å². The first-order chi connectivity index (χ1) is 13.9. The van der Waals surface area contributed by atoms with E-state index in [1.54, 1.807) is 13.2 Å². The zero-order valence-electron chi connectivity index (χ0n) is 17.7. The van der Waals surface area contributed by atoms with Crippen molar-refractivity contribution in [2.24, 2.45) is 0 Å². The second kappa shape index (κ2) is 11.2. The Hall–Kier alpha value is -2.86. The van der Waals surface area contributed by atoms with E-state index in [1.807, 2.05) is 32.0 Å². The molecule has 0 aromatic heterocycles. The van der Waals surface area contributed by atoms with E-state index < -0.39 is 0 Å². The van der Waals surface area contributed by atoms with Crippen molar-refractivity contribution in [3.8, 4) is 5.75 Å². The third-order valence-electron chi connectivity index (χ3n) is 4.90.